The van der Waals surface area contributed by atoms with E-state index in [2.05, 4.69) is 47.8 Å². The molecule has 5 rings (SSSR count). The monoisotopic (exact) mass is 583 g/mol. The Bertz CT molecular complexity index is 1100. The molecule has 12 nitrogen and oxygen atoms in total. The van der Waals surface area contributed by atoms with E-state index in [0.29, 0.717) is 23.9 Å². The highest BCUT2D eigenvalue weighted by Gasteiger charge is 2.46. The number of rotatable bonds is 4. The molecule has 2 aromatic rings. The second-order valence-corrected chi connectivity index (χ2v) is 10.2. The van der Waals surface area contributed by atoms with Crippen molar-refractivity contribution in [3.05, 3.63) is 45.4 Å². The molecule has 0 amide bonds. The molecule has 7 atom stereocenters. The number of methoxy groups -OCH3 is 1. The van der Waals surface area contributed by atoms with Gasteiger partial charge in [-0.05, 0) is 42.6 Å². The molecule has 204 valence electrons. The van der Waals surface area contributed by atoms with Gasteiger partial charge in [0.1, 0.15) is 18.5 Å². The second kappa shape index (κ2) is 13.0. The Kier molecular flexibility index (Phi) is 10.3. The second-order valence-electron chi connectivity index (χ2n) is 9.32. The first-order valence-corrected chi connectivity index (χ1v) is 12.8. The highest BCUT2D eigenvalue weighted by molar-refractivity contribution is 9.10. The Morgan fingerprint density at radius 2 is 1.97 bits per heavy atom. The van der Waals surface area contributed by atoms with Crippen molar-refractivity contribution in [2.75, 3.05) is 13.7 Å². The number of aliphatic hydroxyl groups is 3. The highest BCUT2D eigenvalue weighted by atomic mass is 79.9. The number of nitrogens with one attached hydrogen (secondary N) is 1. The molecule has 0 radical (unpaired) electrons. The number of aliphatic hydroxyl groups excluding tert-OH is 3. The predicted molar refractivity (Wildman–Crippen MR) is 137 cm³/mol. The van der Waals surface area contributed by atoms with Crippen molar-refractivity contribution in [1.29, 1.82) is 0 Å². The van der Waals surface area contributed by atoms with Gasteiger partial charge in [-0.1, -0.05) is 6.92 Å². The third-order valence-corrected chi connectivity index (χ3v) is 6.94. The van der Waals surface area contributed by atoms with E-state index < -0.39 is 23.9 Å². The van der Waals surface area contributed by atoms with E-state index in [0.717, 1.165) is 10.9 Å². The fourth-order valence-electron chi connectivity index (χ4n) is 4.53. The number of fused-ring (bicyclic) bond motifs is 1. The van der Waals surface area contributed by atoms with Gasteiger partial charge in [0.05, 0.1) is 36.2 Å². The molecule has 0 spiro atoms. The summed E-state index contributed by atoms with van der Waals surface area (Å²) in [5.74, 6) is -0.718. The topological polar surface area (TPSA) is 172 Å². The van der Waals surface area contributed by atoms with Gasteiger partial charge in [0.15, 0.2) is 5.79 Å². The average Bonchev–Trinajstić information content (AvgIpc) is 3.49. The lowest BCUT2D eigenvalue weighted by atomic mass is 9.97. The maximum atomic E-state index is 11.5. The molecular weight excluding hydrogens is 550 g/mol. The standard InChI is InChI=1S/C10H14N2O4.C9H15NO2.C5H5BrN2O/c13-3-5-1-6(9(15)8(5)14)7-2-11-4-12-10(7)16;1-4-6-8-7(5-10-6)11-9(2,3)12-8;1-9-5-4(6)2-7-3-8-5/h2,4-6,8-9,13-15H,1,3H2,(H,11,12,16);5-8H,4H2,1-3H3;2-3H,1H3/t5-,6+,8-,9+;6-,7+,8-;/m11./s1. The maximum Gasteiger partial charge on any atom is 0.254 e. The lowest BCUT2D eigenvalue weighted by molar-refractivity contribution is -0.144. The zero-order chi connectivity index (χ0) is 27.2. The van der Waals surface area contributed by atoms with Crippen LogP contribution in [0.1, 0.15) is 45.1 Å². The molecule has 1 saturated carbocycles. The minimum atomic E-state index is -1.03. The molecule has 2 aromatic heterocycles. The minimum Gasteiger partial charge on any atom is -0.480 e. The third-order valence-electron chi connectivity index (χ3n) is 6.39. The molecule has 0 aromatic carbocycles. The highest BCUT2D eigenvalue weighted by Crippen LogP contribution is 2.37. The van der Waals surface area contributed by atoms with Crippen molar-refractivity contribution in [2.45, 2.75) is 75.8 Å². The van der Waals surface area contributed by atoms with Gasteiger partial charge < -0.3 is 34.5 Å². The third kappa shape index (κ3) is 7.18. The molecule has 1 saturated heterocycles. The lowest BCUT2D eigenvalue weighted by Gasteiger charge is -2.19. The number of hydrogen-bond acceptors (Lipinski definition) is 11. The fourth-order valence-corrected chi connectivity index (χ4v) is 4.92. The number of hydrogen-bond donors (Lipinski definition) is 4. The molecule has 0 unspecified atom stereocenters. The molecule has 0 bridgehead atoms. The van der Waals surface area contributed by atoms with Crippen LogP contribution in [-0.4, -0.2) is 91.4 Å². The maximum absolute atomic E-state index is 11.5. The Morgan fingerprint density at radius 3 is 2.54 bits per heavy atom. The van der Waals surface area contributed by atoms with Gasteiger partial charge in [-0.25, -0.2) is 15.0 Å². The summed E-state index contributed by atoms with van der Waals surface area (Å²) in [5.41, 5.74) is 0.0369. The van der Waals surface area contributed by atoms with Crippen LogP contribution in [0.4, 0.5) is 0 Å². The van der Waals surface area contributed by atoms with Crippen molar-refractivity contribution in [3.63, 3.8) is 0 Å². The minimum absolute atomic E-state index is 0.0879. The summed E-state index contributed by atoms with van der Waals surface area (Å²) < 4.78 is 17.0. The van der Waals surface area contributed by atoms with Gasteiger partial charge in [-0.3, -0.25) is 9.79 Å². The van der Waals surface area contributed by atoms with Crippen LogP contribution in [-0.2, 0) is 9.47 Å². The molecule has 37 heavy (non-hydrogen) atoms. The number of aromatic amines is 1. The van der Waals surface area contributed by atoms with Crippen LogP contribution in [0, 0.1) is 5.92 Å². The summed E-state index contributed by atoms with van der Waals surface area (Å²) in [5, 5.41) is 28.4. The van der Waals surface area contributed by atoms with Crippen molar-refractivity contribution in [1.82, 2.24) is 19.9 Å². The van der Waals surface area contributed by atoms with E-state index in [1.54, 1.807) is 13.3 Å². The molecule has 1 aliphatic carbocycles. The van der Waals surface area contributed by atoms with Crippen molar-refractivity contribution >= 4 is 22.1 Å². The Morgan fingerprint density at radius 1 is 1.22 bits per heavy atom. The Hall–Kier alpha value is -2.29. The van der Waals surface area contributed by atoms with Crippen LogP contribution in [0.25, 0.3) is 0 Å². The summed E-state index contributed by atoms with van der Waals surface area (Å²) in [4.78, 5) is 29.6. The Labute approximate surface area is 223 Å². The summed E-state index contributed by atoms with van der Waals surface area (Å²) in [7, 11) is 1.56. The van der Waals surface area contributed by atoms with Gasteiger partial charge in [0.25, 0.3) is 5.56 Å². The van der Waals surface area contributed by atoms with Crippen molar-refractivity contribution < 1.29 is 29.5 Å². The molecule has 4 N–H and O–H groups in total. The van der Waals surface area contributed by atoms with Crippen LogP contribution < -0.4 is 10.3 Å². The quantitative estimate of drug-likeness (QED) is 0.409. The Balaban J connectivity index is 0.000000161. The molecule has 2 fully saturated rings. The number of H-pyrrole nitrogens is 1. The van der Waals surface area contributed by atoms with Gasteiger partial charge in [0.2, 0.25) is 5.88 Å². The van der Waals surface area contributed by atoms with Crippen LogP contribution in [0.3, 0.4) is 0 Å². The zero-order valence-electron chi connectivity index (χ0n) is 21.2. The van der Waals surface area contributed by atoms with E-state index in [4.69, 9.17) is 19.3 Å². The van der Waals surface area contributed by atoms with E-state index >= 15 is 0 Å². The number of aliphatic imine (C=N–C) groups is 1. The first kappa shape index (κ1) is 29.3. The SMILES string of the molecule is CC[C@H]1N=C[C@@H]2OC(C)(C)O[C@@H]21.COc1ncncc1Br.O=c1[nH]cncc1[C@@H]1C[C@H](CO)[C@@H](O)[C@H]1O. The van der Waals surface area contributed by atoms with Gasteiger partial charge in [-0.15, -0.1) is 0 Å². The first-order chi connectivity index (χ1) is 17.6. The van der Waals surface area contributed by atoms with E-state index in [9.17, 15) is 15.0 Å². The summed E-state index contributed by atoms with van der Waals surface area (Å²) in [6.07, 6.45) is 7.24. The zero-order valence-corrected chi connectivity index (χ0v) is 22.8. The van der Waals surface area contributed by atoms with E-state index in [1.807, 2.05) is 20.1 Å². The predicted octanol–water partition coefficient (Wildman–Crippen LogP) is 1.20. The molecule has 2 aliphatic heterocycles. The summed E-state index contributed by atoms with van der Waals surface area (Å²) in [6.45, 7) is 5.82. The molecule has 3 aliphatic rings. The largest absolute Gasteiger partial charge is 0.480 e. The fraction of sp³-hybridized carbons (Fsp3) is 0.625. The lowest BCUT2D eigenvalue weighted by Crippen LogP contribution is -2.30. The van der Waals surface area contributed by atoms with E-state index in [-0.39, 0.29) is 30.3 Å². The number of aromatic nitrogens is 4. The van der Waals surface area contributed by atoms with Gasteiger partial charge in [-0.2, -0.15) is 0 Å². The first-order valence-electron chi connectivity index (χ1n) is 12.0. The summed E-state index contributed by atoms with van der Waals surface area (Å²) in [6, 6.07) is 0.303. The molecule has 4 heterocycles. The van der Waals surface area contributed by atoms with Crippen LogP contribution in [0.2, 0.25) is 0 Å². The van der Waals surface area contributed by atoms with Gasteiger partial charge >= 0.3 is 0 Å². The number of nitrogens with zero attached hydrogens (tertiary/aromatic N) is 4. The normalized spacial score (nSPS) is 31.1. The number of halogens is 1. The summed E-state index contributed by atoms with van der Waals surface area (Å²) >= 11 is 3.21. The average molecular weight is 584 g/mol. The van der Waals surface area contributed by atoms with Gasteiger partial charge in [0, 0.05) is 42.6 Å². The number of ether oxygens (including phenoxy) is 3. The van der Waals surface area contributed by atoms with Crippen LogP contribution in [0.5, 0.6) is 5.88 Å². The van der Waals surface area contributed by atoms with Crippen molar-refractivity contribution in [3.8, 4) is 5.88 Å². The molecule has 13 heteroatoms. The van der Waals surface area contributed by atoms with Crippen LogP contribution >= 0.6 is 15.9 Å². The van der Waals surface area contributed by atoms with Crippen LogP contribution in [0.15, 0.2) is 39.3 Å². The van der Waals surface area contributed by atoms with Crippen molar-refractivity contribution in [2.24, 2.45) is 10.9 Å². The molecular formula is C24H34BrN5O7. The van der Waals surface area contributed by atoms with E-state index in [1.165, 1.54) is 18.9 Å². The smallest absolute Gasteiger partial charge is 0.254 e.